The molecule has 1 heterocycles. The number of halogens is 3. The van der Waals surface area contributed by atoms with E-state index in [0.717, 1.165) is 25.9 Å². The van der Waals surface area contributed by atoms with Gasteiger partial charge in [-0.2, -0.15) is 0 Å². The number of rotatable bonds is 3. The van der Waals surface area contributed by atoms with Crippen LogP contribution in [0.25, 0.3) is 11.1 Å². The lowest BCUT2D eigenvalue weighted by Crippen LogP contribution is -2.34. The van der Waals surface area contributed by atoms with Gasteiger partial charge in [0, 0.05) is 5.56 Å². The highest BCUT2D eigenvalue weighted by Gasteiger charge is 2.18. The first-order chi connectivity index (χ1) is 12.0. The van der Waals surface area contributed by atoms with E-state index in [9.17, 15) is 13.6 Å². The minimum absolute atomic E-state index is 0.0787. The SMILES string of the molecule is O=C(Nc1ccc(F)cc1-c1ccc(F)c(Cl)c1)OC1CCNCC1. The summed E-state index contributed by atoms with van der Waals surface area (Å²) < 4.78 is 32.4. The van der Waals surface area contributed by atoms with Crippen LogP contribution in [0.4, 0.5) is 19.3 Å². The zero-order valence-electron chi connectivity index (χ0n) is 13.3. The number of benzene rings is 2. The van der Waals surface area contributed by atoms with Crippen molar-refractivity contribution < 1.29 is 18.3 Å². The Labute approximate surface area is 149 Å². The van der Waals surface area contributed by atoms with Gasteiger partial charge in [-0.25, -0.2) is 13.6 Å². The monoisotopic (exact) mass is 366 g/mol. The zero-order valence-corrected chi connectivity index (χ0v) is 14.1. The van der Waals surface area contributed by atoms with Gasteiger partial charge in [0.15, 0.2) is 0 Å². The van der Waals surface area contributed by atoms with Crippen LogP contribution in [0.15, 0.2) is 36.4 Å². The van der Waals surface area contributed by atoms with Gasteiger partial charge in [0.05, 0.1) is 10.7 Å². The molecule has 1 fully saturated rings. The maximum atomic E-state index is 13.7. The second-order valence-corrected chi connectivity index (χ2v) is 6.21. The molecule has 1 saturated heterocycles. The average Bonchev–Trinajstić information content (AvgIpc) is 2.60. The number of carbonyl (C=O) groups excluding carboxylic acids is 1. The van der Waals surface area contributed by atoms with Crippen LogP contribution in [0, 0.1) is 11.6 Å². The third-order valence-electron chi connectivity index (χ3n) is 4.01. The van der Waals surface area contributed by atoms with E-state index in [1.807, 2.05) is 0 Å². The van der Waals surface area contributed by atoms with Gasteiger partial charge in [-0.15, -0.1) is 0 Å². The number of ether oxygens (including phenoxy) is 1. The van der Waals surface area contributed by atoms with Gasteiger partial charge >= 0.3 is 6.09 Å². The van der Waals surface area contributed by atoms with Gasteiger partial charge in [-0.3, -0.25) is 5.32 Å². The van der Waals surface area contributed by atoms with Gasteiger partial charge in [0.2, 0.25) is 0 Å². The highest BCUT2D eigenvalue weighted by atomic mass is 35.5. The molecule has 0 radical (unpaired) electrons. The van der Waals surface area contributed by atoms with Crippen molar-refractivity contribution in [1.29, 1.82) is 0 Å². The Morgan fingerprint density at radius 1 is 1.16 bits per heavy atom. The van der Waals surface area contributed by atoms with Crippen LogP contribution < -0.4 is 10.6 Å². The molecule has 0 bridgehead atoms. The summed E-state index contributed by atoms with van der Waals surface area (Å²) in [6, 6.07) is 7.97. The summed E-state index contributed by atoms with van der Waals surface area (Å²) in [6.45, 7) is 1.60. The lowest BCUT2D eigenvalue weighted by molar-refractivity contribution is 0.0909. The molecule has 25 heavy (non-hydrogen) atoms. The van der Waals surface area contributed by atoms with Crippen LogP contribution in [-0.4, -0.2) is 25.3 Å². The van der Waals surface area contributed by atoms with E-state index in [4.69, 9.17) is 16.3 Å². The molecule has 0 saturated carbocycles. The minimum atomic E-state index is -0.604. The summed E-state index contributed by atoms with van der Waals surface area (Å²) >= 11 is 5.80. The molecule has 0 unspecified atom stereocenters. The smallest absolute Gasteiger partial charge is 0.411 e. The van der Waals surface area contributed by atoms with E-state index >= 15 is 0 Å². The molecule has 132 valence electrons. The van der Waals surface area contributed by atoms with Crippen LogP contribution >= 0.6 is 11.6 Å². The fourth-order valence-corrected chi connectivity index (χ4v) is 2.91. The Morgan fingerprint density at radius 3 is 2.64 bits per heavy atom. The van der Waals surface area contributed by atoms with E-state index in [2.05, 4.69) is 10.6 Å². The molecule has 4 nitrogen and oxygen atoms in total. The molecule has 1 aliphatic rings. The van der Waals surface area contributed by atoms with Crippen molar-refractivity contribution >= 4 is 23.4 Å². The molecule has 0 atom stereocenters. The fraction of sp³-hybridized carbons (Fsp3) is 0.278. The summed E-state index contributed by atoms with van der Waals surface area (Å²) in [5.74, 6) is -1.05. The Kier molecular flexibility index (Phi) is 5.50. The Morgan fingerprint density at radius 2 is 1.92 bits per heavy atom. The summed E-state index contributed by atoms with van der Waals surface area (Å²) in [7, 11) is 0. The molecule has 0 spiro atoms. The molecular weight excluding hydrogens is 350 g/mol. The topological polar surface area (TPSA) is 50.4 Å². The third kappa shape index (κ3) is 4.46. The number of amides is 1. The summed E-state index contributed by atoms with van der Waals surface area (Å²) in [5, 5.41) is 5.74. The van der Waals surface area contributed by atoms with Crippen molar-refractivity contribution in [2.45, 2.75) is 18.9 Å². The summed E-state index contributed by atoms with van der Waals surface area (Å²) in [6.07, 6.45) is 0.743. The first-order valence-corrected chi connectivity index (χ1v) is 8.34. The van der Waals surface area contributed by atoms with Crippen molar-refractivity contribution in [3.63, 3.8) is 0 Å². The second kappa shape index (κ2) is 7.80. The van der Waals surface area contributed by atoms with Crippen molar-refractivity contribution in [2.75, 3.05) is 18.4 Å². The molecule has 0 aliphatic carbocycles. The Balaban J connectivity index is 1.81. The van der Waals surface area contributed by atoms with Crippen LogP contribution in [0.2, 0.25) is 5.02 Å². The summed E-state index contributed by atoms with van der Waals surface area (Å²) in [5.41, 5.74) is 1.25. The predicted molar refractivity (Wildman–Crippen MR) is 92.8 cm³/mol. The minimum Gasteiger partial charge on any atom is -0.446 e. The van der Waals surface area contributed by atoms with Crippen LogP contribution in [0.1, 0.15) is 12.8 Å². The molecule has 2 aromatic carbocycles. The molecule has 1 amide bonds. The zero-order chi connectivity index (χ0) is 17.8. The first-order valence-electron chi connectivity index (χ1n) is 7.96. The molecular formula is C18H17ClF2N2O2. The molecule has 2 aromatic rings. The van der Waals surface area contributed by atoms with E-state index in [-0.39, 0.29) is 11.1 Å². The average molecular weight is 367 g/mol. The molecule has 2 N–H and O–H groups in total. The van der Waals surface area contributed by atoms with Gasteiger partial charge in [-0.1, -0.05) is 17.7 Å². The number of hydrogen-bond acceptors (Lipinski definition) is 3. The van der Waals surface area contributed by atoms with E-state index in [0.29, 0.717) is 16.8 Å². The van der Waals surface area contributed by atoms with Gasteiger partial charge in [0.25, 0.3) is 0 Å². The number of piperidine rings is 1. The van der Waals surface area contributed by atoms with Gasteiger partial charge < -0.3 is 10.1 Å². The first kappa shape index (κ1) is 17.6. The number of carbonyl (C=O) groups is 1. The number of hydrogen-bond donors (Lipinski definition) is 2. The van der Waals surface area contributed by atoms with Crippen molar-refractivity contribution in [1.82, 2.24) is 5.32 Å². The third-order valence-corrected chi connectivity index (χ3v) is 4.30. The number of anilines is 1. The highest BCUT2D eigenvalue weighted by molar-refractivity contribution is 6.31. The number of nitrogens with one attached hydrogen (secondary N) is 2. The largest absolute Gasteiger partial charge is 0.446 e. The van der Waals surface area contributed by atoms with Crippen molar-refractivity contribution in [3.05, 3.63) is 53.1 Å². The van der Waals surface area contributed by atoms with Gasteiger partial charge in [-0.05, 0) is 61.8 Å². The Hall–Kier alpha value is -2.18. The van der Waals surface area contributed by atoms with E-state index in [1.54, 1.807) is 0 Å². The van der Waals surface area contributed by atoms with Crippen LogP contribution in [-0.2, 0) is 4.74 Å². The highest BCUT2D eigenvalue weighted by Crippen LogP contribution is 2.31. The molecule has 3 rings (SSSR count). The maximum Gasteiger partial charge on any atom is 0.411 e. The predicted octanol–water partition coefficient (Wildman–Crippen LogP) is 4.59. The Bertz CT molecular complexity index is 780. The molecule has 0 aromatic heterocycles. The van der Waals surface area contributed by atoms with Crippen LogP contribution in [0.5, 0.6) is 0 Å². The molecule has 7 heteroatoms. The second-order valence-electron chi connectivity index (χ2n) is 5.80. The lowest BCUT2D eigenvalue weighted by Gasteiger charge is -2.23. The van der Waals surface area contributed by atoms with Crippen LogP contribution in [0.3, 0.4) is 0 Å². The van der Waals surface area contributed by atoms with E-state index < -0.39 is 17.7 Å². The maximum absolute atomic E-state index is 13.7. The summed E-state index contributed by atoms with van der Waals surface area (Å²) in [4.78, 5) is 12.1. The van der Waals surface area contributed by atoms with Gasteiger partial charge in [0.1, 0.15) is 17.7 Å². The van der Waals surface area contributed by atoms with E-state index in [1.165, 1.54) is 36.4 Å². The molecule has 1 aliphatic heterocycles. The normalized spacial score (nSPS) is 15.0. The van der Waals surface area contributed by atoms with Crippen molar-refractivity contribution in [2.24, 2.45) is 0 Å². The standard InChI is InChI=1S/C18H17ClF2N2O2/c19-15-9-11(1-3-16(15)21)14-10-12(20)2-4-17(14)23-18(24)25-13-5-7-22-8-6-13/h1-4,9-10,13,22H,5-8H2,(H,23,24). The quantitative estimate of drug-likeness (QED) is 0.835. The van der Waals surface area contributed by atoms with Crippen molar-refractivity contribution in [3.8, 4) is 11.1 Å². The fourth-order valence-electron chi connectivity index (χ4n) is 2.73. The lowest BCUT2D eigenvalue weighted by atomic mass is 10.0.